The summed E-state index contributed by atoms with van der Waals surface area (Å²) >= 11 is 0. The molecule has 4 heterocycles. The van der Waals surface area contributed by atoms with Gasteiger partial charge in [0.25, 0.3) is 0 Å². The first-order valence-electron chi connectivity index (χ1n) is 21.4. The van der Waals surface area contributed by atoms with Gasteiger partial charge in [0.1, 0.15) is 11.2 Å². The average Bonchev–Trinajstić information content (AvgIpc) is 3.69. The van der Waals surface area contributed by atoms with Crippen LogP contribution in [0, 0.1) is 6.92 Å². The molecule has 0 unspecified atom stereocenters. The summed E-state index contributed by atoms with van der Waals surface area (Å²) in [5.74, 6) is 0. The van der Waals surface area contributed by atoms with E-state index in [1.807, 2.05) is 0 Å². The Labute approximate surface area is 352 Å². The molecule has 0 saturated heterocycles. The van der Waals surface area contributed by atoms with Crippen molar-refractivity contribution in [3.63, 3.8) is 0 Å². The molecule has 9 aromatic rings. The number of rotatable bonds is 7. The van der Waals surface area contributed by atoms with Crippen molar-refractivity contribution in [2.75, 3.05) is 9.71 Å². The van der Waals surface area contributed by atoms with Crippen LogP contribution in [0.1, 0.15) is 53.1 Å². The van der Waals surface area contributed by atoms with Gasteiger partial charge in [-0.15, -0.1) is 0 Å². The number of fused-ring (bicyclic) bond motifs is 8. The summed E-state index contributed by atoms with van der Waals surface area (Å²) < 4.78 is 7.31. The standard InChI is InChI=1S/C56H43BN2O/c1-3-4-19-38-32-33-48(44(36-38)39-20-8-5-9-21-39)58-50-35-37(2)34-45-42-27-18-29-47-53(42)59(57(52(45)50)55-54(58)43-26-14-17-31-51(43)60-55)49-30-16-15-28-46(49)56(47,40-22-10-6-11-23-40)41-24-12-7-13-25-41/h5-18,20-36H,3-4,19H2,1-2H3. The molecule has 60 heavy (non-hydrogen) atoms. The number of para-hydroxylation sites is 3. The third-order valence-electron chi connectivity index (χ3n) is 13.3. The van der Waals surface area contributed by atoms with Gasteiger partial charge in [0, 0.05) is 33.6 Å². The Kier molecular flexibility index (Phi) is 7.87. The number of furan rings is 1. The SMILES string of the molecule is CCCCc1ccc(N2c3cc(C)cc4c3B(c3oc5ccccc5c32)N2c3ccccc3C(c3ccccc3)(c3ccccc3)c3cccc-4c32)c(-c2ccccc2)c1. The van der Waals surface area contributed by atoms with Gasteiger partial charge in [-0.1, -0.05) is 165 Å². The number of hydrogen-bond acceptors (Lipinski definition) is 3. The second kappa shape index (κ2) is 13.5. The lowest BCUT2D eigenvalue weighted by molar-refractivity contribution is 0.649. The highest BCUT2D eigenvalue weighted by Crippen LogP contribution is 2.60. The first-order valence-corrected chi connectivity index (χ1v) is 21.4. The molecule has 12 rings (SSSR count). The van der Waals surface area contributed by atoms with Gasteiger partial charge < -0.3 is 14.1 Å². The van der Waals surface area contributed by atoms with Crippen LogP contribution >= 0.6 is 0 Å². The second-order valence-electron chi connectivity index (χ2n) is 16.7. The Bertz CT molecular complexity index is 3080. The Morgan fingerprint density at radius 1 is 0.550 bits per heavy atom. The van der Waals surface area contributed by atoms with Gasteiger partial charge in [-0.05, 0) is 106 Å². The number of aryl methyl sites for hydroxylation is 2. The van der Waals surface area contributed by atoms with Crippen molar-refractivity contribution in [1.29, 1.82) is 0 Å². The van der Waals surface area contributed by atoms with Crippen LogP contribution in [0.5, 0.6) is 0 Å². The fraction of sp³-hybridized carbons (Fsp3) is 0.107. The lowest BCUT2D eigenvalue weighted by Gasteiger charge is -2.52. The van der Waals surface area contributed by atoms with E-state index in [-0.39, 0.29) is 6.85 Å². The minimum absolute atomic E-state index is 0.224. The third-order valence-corrected chi connectivity index (χ3v) is 13.3. The zero-order chi connectivity index (χ0) is 40.0. The topological polar surface area (TPSA) is 19.6 Å². The molecule has 0 amide bonds. The maximum absolute atomic E-state index is 7.31. The molecule has 286 valence electrons. The van der Waals surface area contributed by atoms with Gasteiger partial charge in [-0.3, -0.25) is 0 Å². The van der Waals surface area contributed by atoms with Crippen LogP contribution in [0.4, 0.5) is 28.4 Å². The van der Waals surface area contributed by atoms with Crippen LogP contribution in [0.3, 0.4) is 0 Å². The molecule has 0 fully saturated rings. The first-order chi connectivity index (χ1) is 29.7. The van der Waals surface area contributed by atoms with E-state index in [0.29, 0.717) is 0 Å². The predicted molar refractivity (Wildman–Crippen MR) is 251 cm³/mol. The maximum atomic E-state index is 7.31. The summed E-state index contributed by atoms with van der Waals surface area (Å²) in [6.07, 6.45) is 3.38. The molecular weight excluding hydrogens is 727 g/mol. The fourth-order valence-electron chi connectivity index (χ4n) is 10.9. The molecule has 0 aliphatic carbocycles. The van der Waals surface area contributed by atoms with Crippen molar-refractivity contribution in [1.82, 2.24) is 0 Å². The summed E-state index contributed by atoms with van der Waals surface area (Å²) in [7, 11) is 0. The van der Waals surface area contributed by atoms with E-state index >= 15 is 0 Å². The normalized spacial score (nSPS) is 14.1. The zero-order valence-corrected chi connectivity index (χ0v) is 33.9. The maximum Gasteiger partial charge on any atom is 0.375 e. The first kappa shape index (κ1) is 35.0. The van der Waals surface area contributed by atoms with Crippen LogP contribution in [0.15, 0.2) is 192 Å². The molecule has 0 saturated carbocycles. The van der Waals surface area contributed by atoms with Crippen molar-refractivity contribution in [3.8, 4) is 22.3 Å². The van der Waals surface area contributed by atoms with Gasteiger partial charge in [0.15, 0.2) is 0 Å². The highest BCUT2D eigenvalue weighted by Gasteiger charge is 2.55. The van der Waals surface area contributed by atoms with E-state index in [0.717, 1.165) is 47.3 Å². The highest BCUT2D eigenvalue weighted by atomic mass is 16.3. The summed E-state index contributed by atoms with van der Waals surface area (Å²) in [6, 6.07) is 69.9. The van der Waals surface area contributed by atoms with Crippen LogP contribution < -0.4 is 20.8 Å². The lowest BCUT2D eigenvalue weighted by atomic mass is 9.44. The predicted octanol–water partition coefficient (Wildman–Crippen LogP) is 13.2. The molecule has 3 aliphatic rings. The van der Waals surface area contributed by atoms with E-state index in [1.54, 1.807) is 0 Å². The van der Waals surface area contributed by atoms with Crippen molar-refractivity contribution in [2.24, 2.45) is 0 Å². The minimum atomic E-state index is -0.563. The van der Waals surface area contributed by atoms with Crippen molar-refractivity contribution in [3.05, 3.63) is 221 Å². The second-order valence-corrected chi connectivity index (χ2v) is 16.7. The smallest absolute Gasteiger partial charge is 0.375 e. The van der Waals surface area contributed by atoms with E-state index in [4.69, 9.17) is 4.42 Å². The van der Waals surface area contributed by atoms with E-state index in [2.05, 4.69) is 212 Å². The molecule has 0 radical (unpaired) electrons. The zero-order valence-electron chi connectivity index (χ0n) is 33.9. The lowest BCUT2D eigenvalue weighted by Crippen LogP contribution is -2.62. The molecule has 4 heteroatoms. The molecule has 1 aromatic heterocycles. The van der Waals surface area contributed by atoms with Crippen LogP contribution in [-0.2, 0) is 11.8 Å². The Morgan fingerprint density at radius 3 is 2.00 bits per heavy atom. The molecule has 8 aromatic carbocycles. The molecule has 0 atom stereocenters. The van der Waals surface area contributed by atoms with Gasteiger partial charge >= 0.3 is 6.85 Å². The van der Waals surface area contributed by atoms with Crippen LogP contribution in [0.2, 0.25) is 0 Å². The molecular formula is C56H43BN2O. The summed E-state index contributed by atoms with van der Waals surface area (Å²) in [4.78, 5) is 5.17. The van der Waals surface area contributed by atoms with Gasteiger partial charge in [0.05, 0.1) is 16.8 Å². The Balaban J connectivity index is 1.21. The van der Waals surface area contributed by atoms with Crippen LogP contribution in [0.25, 0.3) is 33.2 Å². The Hall–Kier alpha value is -7.04. The summed E-state index contributed by atoms with van der Waals surface area (Å²) in [5, 5.41) is 1.11. The molecule has 0 bridgehead atoms. The third kappa shape index (κ3) is 4.85. The fourth-order valence-corrected chi connectivity index (χ4v) is 10.9. The number of anilines is 5. The average molecular weight is 771 g/mol. The molecule has 0 N–H and O–H groups in total. The van der Waals surface area contributed by atoms with E-state index in [9.17, 15) is 0 Å². The molecule has 3 aliphatic heterocycles. The van der Waals surface area contributed by atoms with Gasteiger partial charge in [-0.25, -0.2) is 0 Å². The number of hydrogen-bond donors (Lipinski definition) is 0. The largest absolute Gasteiger partial charge is 0.466 e. The highest BCUT2D eigenvalue weighted by molar-refractivity contribution is 6.93. The molecule has 3 nitrogen and oxygen atoms in total. The van der Waals surface area contributed by atoms with Gasteiger partial charge in [0.2, 0.25) is 0 Å². The quantitative estimate of drug-likeness (QED) is 0.151. The summed E-state index contributed by atoms with van der Waals surface area (Å²) in [6.45, 7) is 4.31. The van der Waals surface area contributed by atoms with Crippen molar-refractivity contribution < 1.29 is 4.42 Å². The number of unbranched alkanes of at least 4 members (excludes halogenated alkanes) is 1. The van der Waals surface area contributed by atoms with Crippen LogP contribution in [-0.4, -0.2) is 6.85 Å². The van der Waals surface area contributed by atoms with Gasteiger partial charge in [-0.2, -0.15) is 0 Å². The Morgan fingerprint density at radius 2 is 1.23 bits per heavy atom. The van der Waals surface area contributed by atoms with Crippen molar-refractivity contribution >= 4 is 57.4 Å². The summed E-state index contributed by atoms with van der Waals surface area (Å²) in [5.41, 5.74) is 21.0. The minimum Gasteiger partial charge on any atom is -0.466 e. The van der Waals surface area contributed by atoms with E-state index < -0.39 is 5.41 Å². The molecule has 0 spiro atoms. The number of benzene rings is 8. The van der Waals surface area contributed by atoms with Crippen molar-refractivity contribution in [2.45, 2.75) is 38.5 Å². The van der Waals surface area contributed by atoms with E-state index in [1.165, 1.54) is 78.2 Å². The number of nitrogens with zero attached hydrogens (tertiary/aromatic N) is 2. The monoisotopic (exact) mass is 770 g/mol.